The Morgan fingerprint density at radius 2 is 1.23 bits per heavy atom. The van der Waals surface area contributed by atoms with Gasteiger partial charge in [-0.25, -0.2) is 0 Å². The standard InChI is InChI=1S/C47H32O/c1-31-14-3-2-4-19-37(38-20-7-9-23-41(38)46(31)36-27-26-32-15-5-6-16-33(32)28-36)34-17-13-18-35(29-34)43-30-44-40-22-11-12-25-45(40)48-47(44)42-24-10-8-21-39(42)43/h2-18,20-30H,1,19H2/b4-2-,14-3-,38-37+,46-41+. The van der Waals surface area contributed by atoms with Gasteiger partial charge in [0, 0.05) is 16.2 Å². The van der Waals surface area contributed by atoms with Crippen LogP contribution in [0, 0.1) is 0 Å². The van der Waals surface area contributed by atoms with Crippen molar-refractivity contribution in [3.05, 3.63) is 204 Å². The molecule has 1 aliphatic rings. The van der Waals surface area contributed by atoms with Crippen molar-refractivity contribution in [3.63, 3.8) is 0 Å². The number of rotatable bonds is 3. The van der Waals surface area contributed by atoms with Crippen LogP contribution in [0.25, 0.3) is 65.8 Å². The van der Waals surface area contributed by atoms with Crippen molar-refractivity contribution in [1.29, 1.82) is 0 Å². The minimum Gasteiger partial charge on any atom is -0.455 e. The van der Waals surface area contributed by atoms with Gasteiger partial charge in [-0.1, -0.05) is 152 Å². The highest BCUT2D eigenvalue weighted by Crippen LogP contribution is 2.40. The van der Waals surface area contributed by atoms with Crippen LogP contribution < -0.4 is 10.4 Å². The number of hydrogen-bond donors (Lipinski definition) is 0. The quantitative estimate of drug-likeness (QED) is 0.193. The molecule has 1 heterocycles. The summed E-state index contributed by atoms with van der Waals surface area (Å²) in [4.78, 5) is 0. The van der Waals surface area contributed by atoms with Crippen LogP contribution in [0.2, 0.25) is 0 Å². The molecule has 0 radical (unpaired) electrons. The van der Waals surface area contributed by atoms with E-state index in [1.807, 2.05) is 6.07 Å². The summed E-state index contributed by atoms with van der Waals surface area (Å²) in [6, 6.07) is 52.4. The van der Waals surface area contributed by atoms with E-state index >= 15 is 0 Å². The number of allylic oxidation sites excluding steroid dienone is 5. The average molecular weight is 613 g/mol. The highest BCUT2D eigenvalue weighted by molar-refractivity contribution is 6.19. The molecule has 9 rings (SSSR count). The fraction of sp³-hybridized carbons (Fsp3) is 0.0213. The first-order valence-electron chi connectivity index (χ1n) is 16.5. The number of benzene rings is 7. The van der Waals surface area contributed by atoms with Crippen LogP contribution in [0.4, 0.5) is 0 Å². The van der Waals surface area contributed by atoms with Gasteiger partial charge in [-0.15, -0.1) is 0 Å². The zero-order valence-electron chi connectivity index (χ0n) is 26.5. The summed E-state index contributed by atoms with van der Waals surface area (Å²) in [5.74, 6) is 0. The van der Waals surface area contributed by atoms with Crippen LogP contribution in [-0.2, 0) is 0 Å². The first-order chi connectivity index (χ1) is 23.7. The molecule has 0 N–H and O–H groups in total. The molecule has 0 atom stereocenters. The lowest BCUT2D eigenvalue weighted by molar-refractivity contribution is 0.672. The maximum absolute atomic E-state index is 6.41. The Hall–Kier alpha value is -6.18. The number of para-hydroxylation sites is 1. The van der Waals surface area contributed by atoms with E-state index in [1.54, 1.807) is 0 Å². The molecule has 0 amide bonds. The Kier molecular flexibility index (Phi) is 6.76. The first-order valence-corrected chi connectivity index (χ1v) is 16.5. The van der Waals surface area contributed by atoms with Gasteiger partial charge in [-0.05, 0) is 96.3 Å². The molecule has 0 saturated heterocycles. The molecule has 0 saturated carbocycles. The minimum atomic E-state index is 0.800. The second kappa shape index (κ2) is 11.6. The molecular weight excluding hydrogens is 581 g/mol. The summed E-state index contributed by atoms with van der Waals surface area (Å²) in [7, 11) is 0. The molecule has 1 aromatic heterocycles. The van der Waals surface area contributed by atoms with E-state index in [2.05, 4.69) is 170 Å². The molecule has 8 aromatic rings. The van der Waals surface area contributed by atoms with Crippen molar-refractivity contribution in [2.75, 3.05) is 0 Å². The van der Waals surface area contributed by atoms with Gasteiger partial charge in [0.1, 0.15) is 11.2 Å². The third-order valence-electron chi connectivity index (χ3n) is 9.65. The van der Waals surface area contributed by atoms with Gasteiger partial charge in [0.2, 0.25) is 0 Å². The fourth-order valence-electron chi connectivity index (χ4n) is 7.39. The van der Waals surface area contributed by atoms with Crippen molar-refractivity contribution in [2.45, 2.75) is 6.42 Å². The fourth-order valence-corrected chi connectivity index (χ4v) is 7.39. The summed E-state index contributed by atoms with van der Waals surface area (Å²) < 4.78 is 6.41. The topological polar surface area (TPSA) is 13.1 Å². The molecule has 48 heavy (non-hydrogen) atoms. The normalized spacial score (nSPS) is 17.1. The predicted molar refractivity (Wildman–Crippen MR) is 203 cm³/mol. The predicted octanol–water partition coefficient (Wildman–Crippen LogP) is 11.0. The van der Waals surface area contributed by atoms with Crippen LogP contribution in [0.5, 0.6) is 0 Å². The molecule has 0 spiro atoms. The van der Waals surface area contributed by atoms with Gasteiger partial charge in [-0.3, -0.25) is 0 Å². The molecule has 0 bridgehead atoms. The number of hydrogen-bond acceptors (Lipinski definition) is 1. The van der Waals surface area contributed by atoms with Gasteiger partial charge < -0.3 is 4.42 Å². The zero-order chi connectivity index (χ0) is 32.0. The highest BCUT2D eigenvalue weighted by atomic mass is 16.3. The van der Waals surface area contributed by atoms with Crippen LogP contribution >= 0.6 is 0 Å². The molecule has 0 fully saturated rings. The van der Waals surface area contributed by atoms with E-state index in [1.165, 1.54) is 54.4 Å². The molecule has 1 aliphatic carbocycles. The van der Waals surface area contributed by atoms with Gasteiger partial charge in [-0.2, -0.15) is 0 Å². The van der Waals surface area contributed by atoms with Crippen LogP contribution in [0.15, 0.2) is 186 Å². The van der Waals surface area contributed by atoms with Gasteiger partial charge >= 0.3 is 0 Å². The molecule has 0 unspecified atom stereocenters. The minimum absolute atomic E-state index is 0.800. The van der Waals surface area contributed by atoms with Crippen molar-refractivity contribution in [2.24, 2.45) is 0 Å². The monoisotopic (exact) mass is 612 g/mol. The van der Waals surface area contributed by atoms with E-state index < -0.39 is 0 Å². The Morgan fingerprint density at radius 1 is 0.500 bits per heavy atom. The smallest absolute Gasteiger partial charge is 0.143 e. The summed E-state index contributed by atoms with van der Waals surface area (Å²) in [5.41, 5.74) is 10.0. The Morgan fingerprint density at radius 3 is 2.12 bits per heavy atom. The highest BCUT2D eigenvalue weighted by Gasteiger charge is 2.16. The summed E-state index contributed by atoms with van der Waals surface area (Å²) in [6.07, 6.45) is 9.44. The molecule has 0 aliphatic heterocycles. The van der Waals surface area contributed by atoms with Gasteiger partial charge in [0.25, 0.3) is 0 Å². The Balaban J connectivity index is 1.32. The van der Waals surface area contributed by atoms with E-state index in [9.17, 15) is 0 Å². The van der Waals surface area contributed by atoms with E-state index in [-0.39, 0.29) is 0 Å². The lowest BCUT2D eigenvalue weighted by Crippen LogP contribution is -2.30. The maximum atomic E-state index is 6.41. The van der Waals surface area contributed by atoms with Crippen LogP contribution in [-0.4, -0.2) is 0 Å². The maximum Gasteiger partial charge on any atom is 0.143 e. The molecule has 226 valence electrons. The van der Waals surface area contributed by atoms with Crippen LogP contribution in [0.3, 0.4) is 0 Å². The third-order valence-corrected chi connectivity index (χ3v) is 9.65. The van der Waals surface area contributed by atoms with Crippen molar-refractivity contribution >= 4 is 54.6 Å². The van der Waals surface area contributed by atoms with Gasteiger partial charge in [0.05, 0.1) is 0 Å². The second-order valence-corrected chi connectivity index (χ2v) is 12.5. The van der Waals surface area contributed by atoms with E-state index in [0.717, 1.165) is 44.9 Å². The van der Waals surface area contributed by atoms with Crippen molar-refractivity contribution < 1.29 is 4.42 Å². The molecule has 1 nitrogen and oxygen atoms in total. The summed E-state index contributed by atoms with van der Waals surface area (Å²) >= 11 is 0. The van der Waals surface area contributed by atoms with E-state index in [0.29, 0.717) is 0 Å². The van der Waals surface area contributed by atoms with Crippen LogP contribution in [0.1, 0.15) is 17.5 Å². The first kappa shape index (κ1) is 28.1. The summed E-state index contributed by atoms with van der Waals surface area (Å²) in [6.45, 7) is 4.57. The molecule has 1 heteroatoms. The number of furan rings is 1. The Labute approximate surface area is 279 Å². The zero-order valence-corrected chi connectivity index (χ0v) is 26.5. The lowest BCUT2D eigenvalue weighted by atomic mass is 9.89. The molecular formula is C47H32O. The largest absolute Gasteiger partial charge is 0.455 e. The summed E-state index contributed by atoms with van der Waals surface area (Å²) in [5, 5.41) is 9.47. The SMILES string of the molecule is C=C1/C=C\C=C/C/C(c2cccc(-c3cc4c5ccccc5oc4c4ccccc34)c2)=c2/cccc/c2=C/1c1ccc2ccccc2c1. The van der Waals surface area contributed by atoms with E-state index in [4.69, 9.17) is 4.42 Å². The van der Waals surface area contributed by atoms with Crippen molar-refractivity contribution in [3.8, 4) is 11.1 Å². The Bertz CT molecular complexity index is 2770. The number of fused-ring (bicyclic) bond motifs is 7. The lowest BCUT2D eigenvalue weighted by Gasteiger charge is -2.15. The third kappa shape index (κ3) is 4.71. The second-order valence-electron chi connectivity index (χ2n) is 12.5. The average Bonchev–Trinajstić information content (AvgIpc) is 3.52. The molecule has 7 aromatic carbocycles. The van der Waals surface area contributed by atoms with Gasteiger partial charge in [0.15, 0.2) is 0 Å². The van der Waals surface area contributed by atoms with Crippen molar-refractivity contribution in [1.82, 2.24) is 0 Å².